The minimum atomic E-state index is -4.41. The summed E-state index contributed by atoms with van der Waals surface area (Å²) in [5.74, 6) is -0.821. The first kappa shape index (κ1) is 88.8. The summed E-state index contributed by atoms with van der Waals surface area (Å²) in [5.41, 5.74) is 0. The summed E-state index contributed by atoms with van der Waals surface area (Å²) in [6, 6.07) is 0. The summed E-state index contributed by atoms with van der Waals surface area (Å²) in [5, 5.41) is 0. The number of likely N-dealkylation sites (N-methyl/N-ethyl adjacent to an activating group) is 1. The molecular weight excluding hydrogens is 1180 g/mol. The first-order valence-electron chi connectivity index (χ1n) is 37.2. The highest BCUT2D eigenvalue weighted by atomic mass is 31.2. The Kier molecular flexibility index (Phi) is 68.2. The van der Waals surface area contributed by atoms with Crippen LogP contribution in [0.1, 0.15) is 271 Å². The van der Waals surface area contributed by atoms with E-state index in [4.69, 9.17) is 18.5 Å². The molecule has 0 aromatic heterocycles. The van der Waals surface area contributed by atoms with Gasteiger partial charge in [0.05, 0.1) is 27.7 Å². The molecule has 530 valence electrons. The topological polar surface area (TPSA) is 108 Å². The van der Waals surface area contributed by atoms with Crippen molar-refractivity contribution in [3.8, 4) is 0 Å². The summed E-state index contributed by atoms with van der Waals surface area (Å²) in [7, 11) is 1.45. The van der Waals surface area contributed by atoms with Crippen LogP contribution in [0.25, 0.3) is 0 Å². The maximum absolute atomic E-state index is 12.9. The highest BCUT2D eigenvalue weighted by molar-refractivity contribution is 7.47. The van der Waals surface area contributed by atoms with E-state index in [9.17, 15) is 19.0 Å². The lowest BCUT2D eigenvalue weighted by atomic mass is 10.0. The number of rotatable bonds is 66. The number of phosphoric ester groups is 1. The molecule has 9 nitrogen and oxygen atoms in total. The fourth-order valence-corrected chi connectivity index (χ4v) is 10.3. The fourth-order valence-electron chi connectivity index (χ4n) is 9.52. The first-order valence-corrected chi connectivity index (χ1v) is 38.7. The maximum Gasteiger partial charge on any atom is 0.472 e. The van der Waals surface area contributed by atoms with E-state index in [2.05, 4.69) is 208 Å². The van der Waals surface area contributed by atoms with Crippen LogP contribution in [0.5, 0.6) is 0 Å². The van der Waals surface area contributed by atoms with Crippen LogP contribution in [-0.2, 0) is 32.7 Å². The Bertz CT molecular complexity index is 2290. The van der Waals surface area contributed by atoms with Gasteiger partial charge in [0.2, 0.25) is 0 Å². The van der Waals surface area contributed by atoms with Gasteiger partial charge in [-0.2, -0.15) is 0 Å². The summed E-state index contributed by atoms with van der Waals surface area (Å²) in [4.78, 5) is 35.9. The monoisotopic (exact) mass is 1320 g/mol. The Morgan fingerprint density at radius 1 is 0.330 bits per heavy atom. The van der Waals surface area contributed by atoms with Crippen LogP contribution in [0.3, 0.4) is 0 Å². The van der Waals surface area contributed by atoms with Crippen molar-refractivity contribution in [2.75, 3.05) is 47.5 Å². The van der Waals surface area contributed by atoms with Crippen molar-refractivity contribution in [1.29, 1.82) is 0 Å². The molecule has 0 aromatic rings. The molecule has 0 amide bonds. The van der Waals surface area contributed by atoms with Gasteiger partial charge in [-0.25, -0.2) is 4.57 Å². The van der Waals surface area contributed by atoms with Gasteiger partial charge in [0, 0.05) is 12.8 Å². The average Bonchev–Trinajstić information content (AvgIpc) is 1.57. The Balaban J connectivity index is 4.10. The van der Waals surface area contributed by atoms with Gasteiger partial charge in [0.15, 0.2) is 6.10 Å². The molecule has 0 heterocycles. The lowest BCUT2D eigenvalue weighted by Gasteiger charge is -2.24. The molecule has 2 atom stereocenters. The molecule has 1 N–H and O–H groups in total. The zero-order valence-corrected chi connectivity index (χ0v) is 61.3. The predicted molar refractivity (Wildman–Crippen MR) is 408 cm³/mol. The molecule has 10 heteroatoms. The van der Waals surface area contributed by atoms with Crippen molar-refractivity contribution >= 4 is 19.8 Å². The van der Waals surface area contributed by atoms with Gasteiger partial charge in [-0.1, -0.05) is 311 Å². The lowest BCUT2D eigenvalue weighted by molar-refractivity contribution is -0.870. The number of carbonyl (C=O) groups excluding carboxylic acids is 2. The minimum Gasteiger partial charge on any atom is -0.462 e. The molecule has 0 rings (SSSR count). The second kappa shape index (κ2) is 72.1. The van der Waals surface area contributed by atoms with Crippen LogP contribution in [0, 0.1) is 0 Å². The number of hydrogen-bond acceptors (Lipinski definition) is 7. The van der Waals surface area contributed by atoms with Gasteiger partial charge in [0.25, 0.3) is 0 Å². The van der Waals surface area contributed by atoms with E-state index in [1.54, 1.807) is 0 Å². The van der Waals surface area contributed by atoms with E-state index in [0.29, 0.717) is 17.4 Å². The van der Waals surface area contributed by atoms with Gasteiger partial charge in [-0.05, 0) is 141 Å². The number of esters is 2. The molecule has 0 spiro atoms. The average molecular weight is 1320 g/mol. The Hall–Kier alpha value is -5.15. The Morgan fingerprint density at radius 3 is 0.851 bits per heavy atom. The van der Waals surface area contributed by atoms with Crippen LogP contribution < -0.4 is 0 Å². The first-order chi connectivity index (χ1) is 46.0. The van der Waals surface area contributed by atoms with Crippen molar-refractivity contribution in [3.05, 3.63) is 194 Å². The third-order valence-electron chi connectivity index (χ3n) is 15.1. The third-order valence-corrected chi connectivity index (χ3v) is 16.1. The fraction of sp³-hybridized carbons (Fsp3) is 0.595. The minimum absolute atomic E-state index is 0.0201. The standard InChI is InChI=1S/C84H136NO8P/c1-6-8-10-12-14-16-18-20-22-24-26-28-30-32-34-36-37-38-39-40-41-42-43-44-45-46-47-49-51-53-55-57-59-61-63-65-67-69-71-73-75-77-84(87)93-82(81-92-94(88,89)91-79-78-85(3,4)5)80-90-83(86)76-74-72-70-68-66-64-62-60-58-56-54-52-50-48-35-33-31-29-27-25-23-21-19-17-15-13-11-9-7-2/h8-11,14-17,20-23,26-29,32-35,37-38,40-41,43-44,46-47,50,52,56,58,82H,6-7,12-13,18-19,24-25,30-31,36,39,42,45,48-49,51,53-55,57,59-81H2,1-5H3/p+1/b10-8-,11-9-,16-14-,17-15-,22-20-,23-21-,28-26-,29-27-,34-32-,35-33-,38-37-,41-40-,44-43-,47-46-,52-50-,58-56-. The number of unbranched alkanes of at least 4 members (excludes halogenated alkanes) is 20. The van der Waals surface area contributed by atoms with E-state index in [1.807, 2.05) is 21.1 Å². The second-order valence-electron chi connectivity index (χ2n) is 25.2. The smallest absolute Gasteiger partial charge is 0.462 e. The van der Waals surface area contributed by atoms with Gasteiger partial charge >= 0.3 is 19.8 Å². The molecule has 0 bridgehead atoms. The van der Waals surface area contributed by atoms with Gasteiger partial charge < -0.3 is 18.9 Å². The van der Waals surface area contributed by atoms with Gasteiger partial charge in [-0.15, -0.1) is 0 Å². The highest BCUT2D eigenvalue weighted by Crippen LogP contribution is 2.43. The SMILES string of the molecule is CC/C=C\C/C=C\C/C=C\C/C=C\C/C=C\C/C=C\C/C=C\C/C=C\C/C=C\CCCCCCCCCCCCCCCC(=O)OC(COC(=O)CCCCCCCCC/C=C\C/C=C\C/C=C\C/C=C\C/C=C\C/C=C\C/C=C\CC)COP(=O)(O)OCC[N+](C)(C)C. The molecule has 0 aromatic carbocycles. The summed E-state index contributed by atoms with van der Waals surface area (Å²) in [6.45, 7) is 4.18. The maximum atomic E-state index is 12.9. The van der Waals surface area contributed by atoms with E-state index < -0.39 is 26.5 Å². The van der Waals surface area contributed by atoms with Crippen molar-refractivity contribution in [3.63, 3.8) is 0 Å². The predicted octanol–water partition coefficient (Wildman–Crippen LogP) is 24.8. The van der Waals surface area contributed by atoms with Crippen molar-refractivity contribution in [1.82, 2.24) is 0 Å². The van der Waals surface area contributed by atoms with Crippen LogP contribution in [0.15, 0.2) is 194 Å². The van der Waals surface area contributed by atoms with E-state index in [-0.39, 0.29) is 32.0 Å². The molecule has 0 radical (unpaired) electrons. The number of carbonyl (C=O) groups is 2. The molecule has 0 saturated heterocycles. The molecule has 0 aliphatic carbocycles. The van der Waals surface area contributed by atoms with Crippen LogP contribution in [0.4, 0.5) is 0 Å². The lowest BCUT2D eigenvalue weighted by Crippen LogP contribution is -2.37. The second-order valence-corrected chi connectivity index (χ2v) is 26.7. The normalized spacial score (nSPS) is 14.2. The van der Waals surface area contributed by atoms with Gasteiger partial charge in [0.1, 0.15) is 19.8 Å². The number of hydrogen-bond donors (Lipinski definition) is 1. The largest absolute Gasteiger partial charge is 0.472 e. The highest BCUT2D eigenvalue weighted by Gasteiger charge is 2.27. The van der Waals surface area contributed by atoms with Gasteiger partial charge in [-0.3, -0.25) is 18.6 Å². The molecule has 0 aliphatic heterocycles. The number of allylic oxidation sites excluding steroid dienone is 32. The molecule has 2 unspecified atom stereocenters. The van der Waals surface area contributed by atoms with Crippen molar-refractivity contribution in [2.45, 2.75) is 277 Å². The van der Waals surface area contributed by atoms with Crippen LogP contribution >= 0.6 is 7.82 Å². The summed E-state index contributed by atoms with van der Waals surface area (Å²) < 4.78 is 34.7. The number of phosphoric acid groups is 1. The van der Waals surface area contributed by atoms with E-state index in [0.717, 1.165) is 154 Å². The van der Waals surface area contributed by atoms with Crippen molar-refractivity contribution < 1.29 is 42.1 Å². The van der Waals surface area contributed by atoms with Crippen LogP contribution in [-0.4, -0.2) is 74.9 Å². The Morgan fingerprint density at radius 2 is 0.574 bits per heavy atom. The molecule has 0 saturated carbocycles. The Labute approximate surface area is 577 Å². The number of quaternary nitrogens is 1. The molecule has 0 fully saturated rings. The molecule has 0 aliphatic rings. The summed E-state index contributed by atoms with van der Waals surface area (Å²) in [6.07, 6.45) is 112. The zero-order valence-electron chi connectivity index (χ0n) is 60.4. The number of nitrogens with zero attached hydrogens (tertiary/aromatic N) is 1. The van der Waals surface area contributed by atoms with E-state index in [1.165, 1.54) is 83.5 Å². The third kappa shape index (κ3) is 75.9. The molecular formula is C84H137NO8P+. The van der Waals surface area contributed by atoms with Crippen LogP contribution in [0.2, 0.25) is 0 Å². The summed E-state index contributed by atoms with van der Waals surface area (Å²) >= 11 is 0. The van der Waals surface area contributed by atoms with E-state index >= 15 is 0 Å². The quantitative estimate of drug-likeness (QED) is 0.0211. The number of ether oxygens (including phenoxy) is 2. The van der Waals surface area contributed by atoms with Crippen molar-refractivity contribution in [2.24, 2.45) is 0 Å². The molecule has 94 heavy (non-hydrogen) atoms. The zero-order chi connectivity index (χ0) is 68.3.